The van der Waals surface area contributed by atoms with E-state index in [2.05, 4.69) is 96.8 Å². The van der Waals surface area contributed by atoms with Gasteiger partial charge in [0.2, 0.25) is 0 Å². The lowest BCUT2D eigenvalue weighted by Crippen LogP contribution is -2.33. The minimum Gasteiger partial charge on any atom is -0.371 e. The van der Waals surface area contributed by atoms with Gasteiger partial charge in [-0.15, -0.1) is 0 Å². The van der Waals surface area contributed by atoms with Crippen molar-refractivity contribution in [3.63, 3.8) is 0 Å². The van der Waals surface area contributed by atoms with E-state index in [9.17, 15) is 0 Å². The van der Waals surface area contributed by atoms with Gasteiger partial charge < -0.3 is 4.90 Å². The minimum absolute atomic E-state index is 1.19. The maximum Gasteiger partial charge on any atom is 0.112 e. The molecule has 0 N–H and O–H groups in total. The van der Waals surface area contributed by atoms with Crippen molar-refractivity contribution in [3.8, 4) is 0 Å². The summed E-state index contributed by atoms with van der Waals surface area (Å²) >= 11 is 0. The molecule has 0 radical (unpaired) electrons. The average Bonchev–Trinajstić information content (AvgIpc) is 3.28. The first-order chi connectivity index (χ1) is 13.3. The Kier molecular flexibility index (Phi) is 5.60. The zero-order valence-corrected chi connectivity index (χ0v) is 17.1. The van der Waals surface area contributed by atoms with Crippen LogP contribution in [0.3, 0.4) is 0 Å². The van der Waals surface area contributed by atoms with E-state index in [0.717, 1.165) is 0 Å². The largest absolute Gasteiger partial charge is 0.371 e. The Hall–Kier alpha value is -2.11. The van der Waals surface area contributed by atoms with Gasteiger partial charge >= 0.3 is 0 Å². The Morgan fingerprint density at radius 3 is 1.81 bits per heavy atom. The highest BCUT2D eigenvalue weighted by Crippen LogP contribution is 2.56. The number of benzene rings is 3. The molecule has 0 amide bonds. The third kappa shape index (κ3) is 3.54. The molecule has 3 aromatic rings. The predicted molar refractivity (Wildman–Crippen MR) is 122 cm³/mol. The zero-order valence-electron chi connectivity index (χ0n) is 16.2. The fourth-order valence-corrected chi connectivity index (χ4v) is 8.83. The molecule has 0 saturated carbocycles. The summed E-state index contributed by atoms with van der Waals surface area (Å²) in [4.78, 5) is 2.56. The van der Waals surface area contributed by atoms with Crippen molar-refractivity contribution < 1.29 is 0 Å². The van der Waals surface area contributed by atoms with E-state index < -0.39 is 7.26 Å². The van der Waals surface area contributed by atoms with E-state index in [4.69, 9.17) is 0 Å². The normalized spacial score (nSPS) is 14.5. The van der Waals surface area contributed by atoms with E-state index in [1.54, 1.807) is 0 Å². The first kappa shape index (κ1) is 18.3. The maximum absolute atomic E-state index is 2.56. The van der Waals surface area contributed by atoms with Gasteiger partial charge in [0.1, 0.15) is 23.2 Å². The van der Waals surface area contributed by atoms with Crippen molar-refractivity contribution in [1.29, 1.82) is 0 Å². The first-order valence-corrected chi connectivity index (χ1v) is 12.2. The Bertz CT molecular complexity index is 814. The Balaban J connectivity index is 1.91. The van der Waals surface area contributed by atoms with Gasteiger partial charge in [-0.25, -0.2) is 0 Å². The molecule has 1 nitrogen and oxygen atoms in total. The van der Waals surface area contributed by atoms with Crippen LogP contribution in [0.25, 0.3) is 0 Å². The van der Waals surface area contributed by atoms with Crippen LogP contribution in [0.15, 0.2) is 84.9 Å². The molecular weight excluding hydrogens is 345 g/mol. The van der Waals surface area contributed by atoms with Crippen LogP contribution in [0.4, 0.5) is 5.69 Å². The summed E-state index contributed by atoms with van der Waals surface area (Å²) in [5.74, 6) is 0. The third-order valence-electron chi connectivity index (χ3n) is 5.69. The van der Waals surface area contributed by atoms with E-state index >= 15 is 0 Å². The molecule has 0 bridgehead atoms. The molecule has 1 aliphatic rings. The Morgan fingerprint density at radius 2 is 1.26 bits per heavy atom. The molecule has 0 atom stereocenters. The van der Waals surface area contributed by atoms with Crippen LogP contribution in [0.1, 0.15) is 26.2 Å². The van der Waals surface area contributed by atoms with Crippen molar-refractivity contribution in [2.45, 2.75) is 26.2 Å². The molecule has 27 heavy (non-hydrogen) atoms. The number of rotatable bonds is 6. The molecule has 0 unspecified atom stereocenters. The lowest BCUT2D eigenvalue weighted by Gasteiger charge is -2.28. The van der Waals surface area contributed by atoms with Crippen molar-refractivity contribution in [3.05, 3.63) is 84.9 Å². The molecule has 4 rings (SSSR count). The van der Waals surface area contributed by atoms with Gasteiger partial charge in [-0.2, -0.15) is 0 Å². The second-order valence-electron chi connectivity index (χ2n) is 7.42. The van der Waals surface area contributed by atoms with Gasteiger partial charge in [-0.3, -0.25) is 0 Å². The lowest BCUT2D eigenvalue weighted by molar-refractivity contribution is 0.949. The summed E-state index contributed by atoms with van der Waals surface area (Å²) in [7, 11) is -1.65. The third-order valence-corrected chi connectivity index (χ3v) is 10.3. The highest BCUT2D eigenvalue weighted by molar-refractivity contribution is 7.95. The molecule has 2 heteroatoms. The van der Waals surface area contributed by atoms with Gasteiger partial charge in [-0.1, -0.05) is 49.4 Å². The predicted octanol–water partition coefficient (Wildman–Crippen LogP) is 4.99. The van der Waals surface area contributed by atoms with Crippen LogP contribution >= 0.6 is 7.26 Å². The summed E-state index contributed by atoms with van der Waals surface area (Å²) in [5.41, 5.74) is 1.40. The van der Waals surface area contributed by atoms with Crippen LogP contribution in [0.2, 0.25) is 0 Å². The van der Waals surface area contributed by atoms with Gasteiger partial charge in [-0.05, 0) is 55.7 Å². The molecule has 0 aromatic heterocycles. The molecule has 1 saturated heterocycles. The van der Waals surface area contributed by atoms with Crippen molar-refractivity contribution in [1.82, 2.24) is 0 Å². The highest BCUT2D eigenvalue weighted by atomic mass is 31.2. The monoisotopic (exact) mass is 374 g/mol. The SMILES string of the molecule is CCC[P+](c1ccccc1)(c1ccccc1)c1cccc(N2CCCC2)c1. The van der Waals surface area contributed by atoms with Crippen LogP contribution < -0.4 is 20.8 Å². The molecule has 0 aliphatic carbocycles. The molecule has 3 aromatic carbocycles. The summed E-state index contributed by atoms with van der Waals surface area (Å²) < 4.78 is 0. The molecule has 1 aliphatic heterocycles. The molecule has 1 fully saturated rings. The number of hydrogen-bond acceptors (Lipinski definition) is 1. The van der Waals surface area contributed by atoms with Crippen LogP contribution in [-0.4, -0.2) is 19.3 Å². The topological polar surface area (TPSA) is 3.24 Å². The van der Waals surface area contributed by atoms with E-state index in [0.29, 0.717) is 0 Å². The number of nitrogens with zero attached hydrogens (tertiary/aromatic N) is 1. The second-order valence-corrected chi connectivity index (χ2v) is 11.0. The average molecular weight is 374 g/mol. The molecule has 0 spiro atoms. The second kappa shape index (κ2) is 8.28. The van der Waals surface area contributed by atoms with Gasteiger partial charge in [0, 0.05) is 24.8 Å². The van der Waals surface area contributed by atoms with Crippen molar-refractivity contribution in [2.24, 2.45) is 0 Å². The molecule has 138 valence electrons. The van der Waals surface area contributed by atoms with Gasteiger partial charge in [0.15, 0.2) is 0 Å². The van der Waals surface area contributed by atoms with Crippen LogP contribution in [-0.2, 0) is 0 Å². The molecular formula is C25H29NP+. The fourth-order valence-electron chi connectivity index (χ4n) is 4.44. The van der Waals surface area contributed by atoms with Gasteiger partial charge in [0.25, 0.3) is 0 Å². The fraction of sp³-hybridized carbons (Fsp3) is 0.280. The summed E-state index contributed by atoms with van der Waals surface area (Å²) in [6.45, 7) is 4.71. The number of anilines is 1. The van der Waals surface area contributed by atoms with Crippen LogP contribution in [0.5, 0.6) is 0 Å². The lowest BCUT2D eigenvalue weighted by atomic mass is 10.3. The standard InChI is InChI=1S/C25H29NP/c1-2-20-27(23-13-5-3-6-14-23,24-15-7-4-8-16-24)25-17-11-12-22(21-25)26-18-9-10-19-26/h3-8,11-17,21H,2,9-10,18-20H2,1H3/q+1. The van der Waals surface area contributed by atoms with Gasteiger partial charge in [0.05, 0.1) is 6.16 Å². The summed E-state index contributed by atoms with van der Waals surface area (Å²) in [5, 5.41) is 4.51. The quantitative estimate of drug-likeness (QED) is 0.550. The molecule has 1 heterocycles. The smallest absolute Gasteiger partial charge is 0.112 e. The first-order valence-electron chi connectivity index (χ1n) is 10.2. The zero-order chi connectivity index (χ0) is 18.5. The Labute approximate surface area is 164 Å². The minimum atomic E-state index is -1.65. The van der Waals surface area contributed by atoms with E-state index in [-0.39, 0.29) is 0 Å². The number of hydrogen-bond donors (Lipinski definition) is 0. The van der Waals surface area contributed by atoms with Crippen molar-refractivity contribution >= 4 is 28.9 Å². The highest BCUT2D eigenvalue weighted by Gasteiger charge is 2.44. The maximum atomic E-state index is 2.56. The summed E-state index contributed by atoms with van der Waals surface area (Å²) in [6, 6.07) is 31.9. The summed E-state index contributed by atoms with van der Waals surface area (Å²) in [6.07, 6.45) is 5.03. The Morgan fingerprint density at radius 1 is 0.704 bits per heavy atom. The van der Waals surface area contributed by atoms with Crippen molar-refractivity contribution in [2.75, 3.05) is 24.2 Å². The van der Waals surface area contributed by atoms with E-state index in [1.165, 1.54) is 60.1 Å². The van der Waals surface area contributed by atoms with E-state index in [1.807, 2.05) is 0 Å². The van der Waals surface area contributed by atoms with Crippen LogP contribution in [0, 0.1) is 0 Å².